The van der Waals surface area contributed by atoms with Crippen molar-refractivity contribution in [2.45, 2.75) is 25.9 Å². The van der Waals surface area contributed by atoms with Gasteiger partial charge in [-0.3, -0.25) is 4.68 Å². The van der Waals surface area contributed by atoms with Crippen LogP contribution in [0, 0.1) is 6.92 Å². The molecule has 0 radical (unpaired) electrons. The van der Waals surface area contributed by atoms with Gasteiger partial charge in [0.1, 0.15) is 18.2 Å². The van der Waals surface area contributed by atoms with Crippen molar-refractivity contribution < 1.29 is 4.74 Å². The molecule has 118 valence electrons. The highest BCUT2D eigenvalue weighted by molar-refractivity contribution is 5.49. The third-order valence-electron chi connectivity index (χ3n) is 4.18. The van der Waals surface area contributed by atoms with Crippen LogP contribution in [0.3, 0.4) is 0 Å². The molecule has 0 saturated heterocycles. The Kier molecular flexibility index (Phi) is 4.07. The van der Waals surface area contributed by atoms with Crippen LogP contribution in [-0.4, -0.2) is 36.5 Å². The maximum absolute atomic E-state index is 5.84. The van der Waals surface area contributed by atoms with E-state index in [0.717, 1.165) is 30.2 Å². The first-order chi connectivity index (χ1) is 10.6. The summed E-state index contributed by atoms with van der Waals surface area (Å²) in [5.74, 6) is 2.18. The van der Waals surface area contributed by atoms with Gasteiger partial charge in [0.05, 0.1) is 5.69 Å². The standard InChI is InChI=1S/C17H24N4O/c1-12-15(17(20(2)3)21(4)19-12)10-18-14-9-13-7-5-6-8-16(13)22-11-14/h5-8,14,18H,9-11H2,1-4H3/t14-/m1/s1. The smallest absolute Gasteiger partial charge is 0.130 e. The zero-order chi connectivity index (χ0) is 15.7. The lowest BCUT2D eigenvalue weighted by Crippen LogP contribution is -2.39. The minimum absolute atomic E-state index is 0.338. The van der Waals surface area contributed by atoms with Crippen LogP contribution in [0.15, 0.2) is 24.3 Å². The number of benzene rings is 1. The molecule has 22 heavy (non-hydrogen) atoms. The molecule has 5 heteroatoms. The molecular weight excluding hydrogens is 276 g/mol. The van der Waals surface area contributed by atoms with E-state index in [1.807, 2.05) is 23.9 Å². The first kappa shape index (κ1) is 14.9. The quantitative estimate of drug-likeness (QED) is 0.936. The summed E-state index contributed by atoms with van der Waals surface area (Å²) in [5.41, 5.74) is 3.61. The first-order valence-corrected chi connectivity index (χ1v) is 7.70. The molecule has 0 unspecified atom stereocenters. The molecule has 1 atom stereocenters. The van der Waals surface area contributed by atoms with E-state index in [1.54, 1.807) is 0 Å². The van der Waals surface area contributed by atoms with Gasteiger partial charge in [-0.15, -0.1) is 0 Å². The summed E-state index contributed by atoms with van der Waals surface area (Å²) < 4.78 is 7.79. The summed E-state index contributed by atoms with van der Waals surface area (Å²) in [4.78, 5) is 2.11. The van der Waals surface area contributed by atoms with Crippen molar-refractivity contribution in [3.8, 4) is 5.75 Å². The second kappa shape index (κ2) is 6.01. The van der Waals surface area contributed by atoms with Crippen molar-refractivity contribution in [3.05, 3.63) is 41.1 Å². The molecule has 1 aliphatic rings. The summed E-state index contributed by atoms with van der Waals surface area (Å²) in [6.07, 6.45) is 1.01. The molecule has 0 spiro atoms. The second-order valence-corrected chi connectivity index (χ2v) is 6.11. The van der Waals surface area contributed by atoms with E-state index in [-0.39, 0.29) is 0 Å². The number of ether oxygens (including phenoxy) is 1. The van der Waals surface area contributed by atoms with Crippen LogP contribution in [0.2, 0.25) is 0 Å². The van der Waals surface area contributed by atoms with Gasteiger partial charge in [0.2, 0.25) is 0 Å². The normalized spacial score (nSPS) is 17.0. The Morgan fingerprint density at radius 1 is 1.36 bits per heavy atom. The van der Waals surface area contributed by atoms with Crippen LogP contribution in [-0.2, 0) is 20.0 Å². The Hall–Kier alpha value is -2.01. The van der Waals surface area contributed by atoms with Gasteiger partial charge in [0.25, 0.3) is 0 Å². The van der Waals surface area contributed by atoms with E-state index < -0.39 is 0 Å². The van der Waals surface area contributed by atoms with E-state index in [0.29, 0.717) is 12.6 Å². The summed E-state index contributed by atoms with van der Waals surface area (Å²) in [7, 11) is 6.10. The number of fused-ring (bicyclic) bond motifs is 1. The zero-order valence-electron chi connectivity index (χ0n) is 13.8. The van der Waals surface area contributed by atoms with Crippen LogP contribution in [0.4, 0.5) is 5.82 Å². The summed E-state index contributed by atoms with van der Waals surface area (Å²) in [6.45, 7) is 3.59. The molecule has 0 bridgehead atoms. The number of hydrogen-bond acceptors (Lipinski definition) is 4. The van der Waals surface area contributed by atoms with Crippen molar-refractivity contribution in [2.24, 2.45) is 7.05 Å². The fourth-order valence-electron chi connectivity index (χ4n) is 3.16. The molecule has 2 aromatic rings. The average Bonchev–Trinajstić information content (AvgIpc) is 2.78. The number of rotatable bonds is 4. The molecule has 1 aromatic heterocycles. The van der Waals surface area contributed by atoms with E-state index in [9.17, 15) is 0 Å². The van der Waals surface area contributed by atoms with Crippen LogP contribution >= 0.6 is 0 Å². The van der Waals surface area contributed by atoms with Crippen LogP contribution in [0.25, 0.3) is 0 Å². The molecule has 0 saturated carbocycles. The number of aryl methyl sites for hydroxylation is 2. The Balaban J connectivity index is 1.69. The zero-order valence-corrected chi connectivity index (χ0v) is 13.8. The highest BCUT2D eigenvalue weighted by atomic mass is 16.5. The van der Waals surface area contributed by atoms with E-state index in [1.165, 1.54) is 11.1 Å². The monoisotopic (exact) mass is 300 g/mol. The fourth-order valence-corrected chi connectivity index (χ4v) is 3.16. The predicted molar refractivity (Wildman–Crippen MR) is 88.5 cm³/mol. The van der Waals surface area contributed by atoms with Crippen molar-refractivity contribution in [1.29, 1.82) is 0 Å². The number of para-hydroxylation sites is 1. The molecule has 3 rings (SSSR count). The number of anilines is 1. The minimum atomic E-state index is 0.338. The van der Waals surface area contributed by atoms with Gasteiger partial charge in [-0.2, -0.15) is 5.10 Å². The highest BCUT2D eigenvalue weighted by Crippen LogP contribution is 2.25. The molecule has 0 fully saturated rings. The van der Waals surface area contributed by atoms with Gasteiger partial charge >= 0.3 is 0 Å². The van der Waals surface area contributed by atoms with Gasteiger partial charge < -0.3 is 15.0 Å². The lowest BCUT2D eigenvalue weighted by atomic mass is 10.0. The van der Waals surface area contributed by atoms with Gasteiger partial charge in [0.15, 0.2) is 0 Å². The topological polar surface area (TPSA) is 42.3 Å². The maximum Gasteiger partial charge on any atom is 0.130 e. The number of nitrogens with one attached hydrogen (secondary N) is 1. The molecule has 2 heterocycles. The molecule has 1 N–H and O–H groups in total. The van der Waals surface area contributed by atoms with Gasteiger partial charge in [-0.05, 0) is 25.0 Å². The lowest BCUT2D eigenvalue weighted by molar-refractivity contribution is 0.238. The first-order valence-electron chi connectivity index (χ1n) is 7.70. The van der Waals surface area contributed by atoms with Gasteiger partial charge in [-0.25, -0.2) is 0 Å². The van der Waals surface area contributed by atoms with Gasteiger partial charge in [-0.1, -0.05) is 18.2 Å². The summed E-state index contributed by atoms with van der Waals surface area (Å²) >= 11 is 0. The molecule has 0 aliphatic carbocycles. The number of nitrogens with zero attached hydrogens (tertiary/aromatic N) is 3. The minimum Gasteiger partial charge on any atom is -0.492 e. The van der Waals surface area contributed by atoms with E-state index >= 15 is 0 Å². The highest BCUT2D eigenvalue weighted by Gasteiger charge is 2.21. The van der Waals surface area contributed by atoms with Crippen LogP contribution in [0.1, 0.15) is 16.8 Å². The Morgan fingerprint density at radius 3 is 2.91 bits per heavy atom. The van der Waals surface area contributed by atoms with Crippen molar-refractivity contribution in [1.82, 2.24) is 15.1 Å². The molecule has 1 aliphatic heterocycles. The third-order valence-corrected chi connectivity index (χ3v) is 4.18. The lowest BCUT2D eigenvalue weighted by Gasteiger charge is -2.26. The van der Waals surface area contributed by atoms with E-state index in [4.69, 9.17) is 4.74 Å². The molecule has 0 amide bonds. The SMILES string of the molecule is Cc1nn(C)c(N(C)C)c1CN[C@H]1COc2ccccc2C1. The second-order valence-electron chi connectivity index (χ2n) is 6.11. The fraction of sp³-hybridized carbons (Fsp3) is 0.471. The summed E-state index contributed by atoms with van der Waals surface area (Å²) in [5, 5.41) is 8.16. The van der Waals surface area contributed by atoms with Crippen molar-refractivity contribution in [3.63, 3.8) is 0 Å². The molecule has 5 nitrogen and oxygen atoms in total. The Labute approximate surface area is 131 Å². The average molecular weight is 300 g/mol. The van der Waals surface area contributed by atoms with Crippen LogP contribution < -0.4 is 15.0 Å². The molecular formula is C17H24N4O. The maximum atomic E-state index is 5.84. The van der Waals surface area contributed by atoms with Crippen molar-refractivity contribution in [2.75, 3.05) is 25.6 Å². The summed E-state index contributed by atoms with van der Waals surface area (Å²) in [6, 6.07) is 8.61. The third kappa shape index (κ3) is 2.81. The van der Waals surface area contributed by atoms with E-state index in [2.05, 4.69) is 48.5 Å². The molecule has 1 aromatic carbocycles. The predicted octanol–water partition coefficient (Wildman–Crippen LogP) is 1.89. The number of aromatic nitrogens is 2. The van der Waals surface area contributed by atoms with Crippen LogP contribution in [0.5, 0.6) is 5.75 Å². The largest absolute Gasteiger partial charge is 0.492 e. The Bertz CT molecular complexity index is 663. The van der Waals surface area contributed by atoms with Crippen molar-refractivity contribution >= 4 is 5.82 Å². The van der Waals surface area contributed by atoms with Gasteiger partial charge in [0, 0.05) is 39.3 Å². The Morgan fingerprint density at radius 2 is 2.14 bits per heavy atom. The number of hydrogen-bond donors (Lipinski definition) is 1.